The smallest absolute Gasteiger partial charge is 0.259 e. The molecule has 2 aliphatic heterocycles. The summed E-state index contributed by atoms with van der Waals surface area (Å²) in [5.74, 6) is 3.16. The second kappa shape index (κ2) is 9.79. The molecule has 0 aromatic heterocycles. The number of carbonyl (C=O) groups excluding carboxylic acids is 3. The van der Waals surface area contributed by atoms with Crippen LogP contribution in [-0.2, 0) is 14.4 Å². The highest BCUT2D eigenvalue weighted by molar-refractivity contribution is 6.27. The van der Waals surface area contributed by atoms with Crippen LogP contribution < -0.4 is 10.6 Å². The molecule has 5 aliphatic rings. The van der Waals surface area contributed by atoms with Gasteiger partial charge in [0.15, 0.2) is 5.78 Å². The standard InChI is InChI=1S/C29H38N2O4/c1-3-18-16(2)14-22-20(18)10-11-21-19-6-4-8-26(33)30-13-5-7-24-28(34)27(29(35)31-24)25(32)12-9-17(19)15-23(21)22/h4,8-12,16-24,32H,3,5-7,13-15H2,1-2H3,(H,30,33)(H,31,35)/b8-4-,12-9+,27-25?/t16-,17+,18+,19-,20-,21+,22-,23+,24+/m1/s1. The van der Waals surface area contributed by atoms with Crippen LogP contribution in [-0.4, -0.2) is 35.3 Å². The molecule has 2 bridgehead atoms. The monoisotopic (exact) mass is 478 g/mol. The van der Waals surface area contributed by atoms with Crippen molar-refractivity contribution in [3.05, 3.63) is 47.8 Å². The largest absolute Gasteiger partial charge is 0.507 e. The maximum Gasteiger partial charge on any atom is 0.259 e. The molecule has 35 heavy (non-hydrogen) atoms. The minimum absolute atomic E-state index is 0.117. The Morgan fingerprint density at radius 3 is 2.57 bits per heavy atom. The fourth-order valence-corrected chi connectivity index (χ4v) is 7.92. The van der Waals surface area contributed by atoms with Gasteiger partial charge in [-0.05, 0) is 91.6 Å². The summed E-state index contributed by atoms with van der Waals surface area (Å²) in [5, 5.41) is 16.3. The van der Waals surface area contributed by atoms with E-state index in [2.05, 4.69) is 36.6 Å². The molecule has 0 radical (unpaired) electrons. The zero-order valence-electron chi connectivity index (χ0n) is 20.8. The number of allylic oxidation sites excluding steroid dienone is 5. The maximum absolute atomic E-state index is 12.8. The molecule has 6 nitrogen and oxygen atoms in total. The van der Waals surface area contributed by atoms with Crippen molar-refractivity contribution in [2.45, 2.75) is 58.4 Å². The molecule has 2 heterocycles. The number of hydrogen-bond acceptors (Lipinski definition) is 4. The number of Topliss-reactive ketones (excluding diaryl/α,β-unsaturated/α-hetero) is 1. The lowest BCUT2D eigenvalue weighted by molar-refractivity contribution is -0.118. The lowest BCUT2D eigenvalue weighted by Gasteiger charge is -2.35. The van der Waals surface area contributed by atoms with Crippen LogP contribution in [0.1, 0.15) is 52.4 Å². The number of rotatable bonds is 1. The molecule has 188 valence electrons. The summed E-state index contributed by atoms with van der Waals surface area (Å²) in [4.78, 5) is 37.6. The molecule has 6 heteroatoms. The Labute approximate surface area is 208 Å². The number of amides is 2. The van der Waals surface area contributed by atoms with Gasteiger partial charge < -0.3 is 15.7 Å². The van der Waals surface area contributed by atoms with Gasteiger partial charge in [0.2, 0.25) is 5.91 Å². The molecule has 0 unspecified atom stereocenters. The van der Waals surface area contributed by atoms with Gasteiger partial charge in [0, 0.05) is 6.54 Å². The van der Waals surface area contributed by atoms with Crippen molar-refractivity contribution >= 4 is 17.6 Å². The predicted molar refractivity (Wildman–Crippen MR) is 134 cm³/mol. The molecule has 5 rings (SSSR count). The van der Waals surface area contributed by atoms with Crippen molar-refractivity contribution in [3.63, 3.8) is 0 Å². The molecular formula is C29H38N2O4. The Balaban J connectivity index is 1.46. The summed E-state index contributed by atoms with van der Waals surface area (Å²) < 4.78 is 0. The van der Waals surface area contributed by atoms with Gasteiger partial charge in [-0.25, -0.2) is 0 Å². The Kier molecular flexibility index (Phi) is 6.73. The second-order valence-corrected chi connectivity index (χ2v) is 11.3. The number of ketones is 1. The number of carbonyl (C=O) groups is 3. The number of nitrogens with one attached hydrogen (secondary N) is 2. The first-order valence-electron chi connectivity index (χ1n) is 13.5. The van der Waals surface area contributed by atoms with Gasteiger partial charge in [-0.1, -0.05) is 44.6 Å². The fraction of sp³-hybridized carbons (Fsp3) is 0.621. The zero-order chi connectivity index (χ0) is 24.7. The molecule has 3 N–H and O–H groups in total. The predicted octanol–water partition coefficient (Wildman–Crippen LogP) is 4.02. The molecule has 9 atom stereocenters. The zero-order valence-corrected chi connectivity index (χ0v) is 20.8. The first-order chi connectivity index (χ1) is 16.9. The van der Waals surface area contributed by atoms with E-state index in [1.165, 1.54) is 12.8 Å². The topological polar surface area (TPSA) is 95.5 Å². The van der Waals surface area contributed by atoms with E-state index in [-0.39, 0.29) is 28.9 Å². The Hall–Kier alpha value is -2.63. The van der Waals surface area contributed by atoms with Crippen molar-refractivity contribution in [3.8, 4) is 0 Å². The molecular weight excluding hydrogens is 440 g/mol. The second-order valence-electron chi connectivity index (χ2n) is 11.3. The van der Waals surface area contributed by atoms with Crippen LogP contribution in [0.2, 0.25) is 0 Å². The van der Waals surface area contributed by atoms with Crippen LogP contribution in [0, 0.1) is 47.3 Å². The third-order valence-corrected chi connectivity index (χ3v) is 9.52. The van der Waals surface area contributed by atoms with Gasteiger partial charge >= 0.3 is 0 Å². The van der Waals surface area contributed by atoms with Crippen molar-refractivity contribution in [1.29, 1.82) is 0 Å². The highest BCUT2D eigenvalue weighted by Gasteiger charge is 2.52. The van der Waals surface area contributed by atoms with E-state index in [9.17, 15) is 19.5 Å². The van der Waals surface area contributed by atoms with Gasteiger partial charge in [0.25, 0.3) is 5.91 Å². The van der Waals surface area contributed by atoms with Crippen LogP contribution >= 0.6 is 0 Å². The van der Waals surface area contributed by atoms with Gasteiger partial charge in [0.05, 0.1) is 6.04 Å². The molecule has 1 saturated heterocycles. The Morgan fingerprint density at radius 2 is 1.77 bits per heavy atom. The Morgan fingerprint density at radius 1 is 1.00 bits per heavy atom. The third kappa shape index (κ3) is 4.41. The summed E-state index contributed by atoms with van der Waals surface area (Å²) in [5.41, 5.74) is -0.135. The summed E-state index contributed by atoms with van der Waals surface area (Å²) in [7, 11) is 0. The number of aliphatic hydroxyl groups excluding tert-OH is 1. The molecule has 2 amide bonds. The van der Waals surface area contributed by atoms with E-state index >= 15 is 0 Å². The Bertz CT molecular complexity index is 1010. The first kappa shape index (κ1) is 24.1. The number of hydrogen-bond donors (Lipinski definition) is 3. The van der Waals surface area contributed by atoms with Gasteiger partial charge in [-0.15, -0.1) is 0 Å². The molecule has 3 fully saturated rings. The van der Waals surface area contributed by atoms with Crippen molar-refractivity contribution in [2.24, 2.45) is 47.3 Å². The molecule has 0 aromatic carbocycles. The number of fused-ring (bicyclic) bond motifs is 7. The maximum atomic E-state index is 12.8. The van der Waals surface area contributed by atoms with Crippen LogP contribution in [0.4, 0.5) is 0 Å². The molecule has 0 spiro atoms. The van der Waals surface area contributed by atoms with Crippen molar-refractivity contribution < 1.29 is 19.5 Å². The van der Waals surface area contributed by atoms with E-state index in [4.69, 9.17) is 0 Å². The van der Waals surface area contributed by atoms with E-state index in [1.807, 2.05) is 12.2 Å². The van der Waals surface area contributed by atoms with Crippen molar-refractivity contribution in [1.82, 2.24) is 10.6 Å². The average Bonchev–Trinajstić information content (AvgIpc) is 3.44. The lowest BCUT2D eigenvalue weighted by Crippen LogP contribution is -2.31. The SMILES string of the molecule is CC[C@@H]1[C@H]2C=C[C@@H]3[C@H](C[C@@H]4/C=C/C(O)=C5C(=O)N[C@@H](CCCNC(=O)/C=C\C[C@@H]34)C5=O)[C@@H]2C[C@H]1C. The van der Waals surface area contributed by atoms with Gasteiger partial charge in [0.1, 0.15) is 11.3 Å². The molecule has 0 aromatic rings. The van der Waals surface area contributed by atoms with Crippen LogP contribution in [0.15, 0.2) is 47.8 Å². The van der Waals surface area contributed by atoms with Gasteiger partial charge in [-0.3, -0.25) is 14.4 Å². The summed E-state index contributed by atoms with van der Waals surface area (Å²) in [6, 6.07) is -0.645. The van der Waals surface area contributed by atoms with Crippen LogP contribution in [0.3, 0.4) is 0 Å². The number of aliphatic hydroxyl groups is 1. The van der Waals surface area contributed by atoms with Crippen LogP contribution in [0.5, 0.6) is 0 Å². The minimum atomic E-state index is -0.645. The highest BCUT2D eigenvalue weighted by Crippen LogP contribution is 2.59. The third-order valence-electron chi connectivity index (χ3n) is 9.52. The lowest BCUT2D eigenvalue weighted by atomic mass is 9.69. The van der Waals surface area contributed by atoms with Gasteiger partial charge in [-0.2, -0.15) is 0 Å². The summed E-state index contributed by atoms with van der Waals surface area (Å²) in [6.07, 6.45) is 17.4. The van der Waals surface area contributed by atoms with E-state index in [0.717, 1.165) is 24.7 Å². The summed E-state index contributed by atoms with van der Waals surface area (Å²) in [6.45, 7) is 5.14. The van der Waals surface area contributed by atoms with Crippen molar-refractivity contribution in [2.75, 3.05) is 6.54 Å². The van der Waals surface area contributed by atoms with Crippen LogP contribution in [0.25, 0.3) is 0 Å². The summed E-state index contributed by atoms with van der Waals surface area (Å²) >= 11 is 0. The average molecular weight is 479 g/mol. The first-order valence-corrected chi connectivity index (χ1v) is 13.5. The fourth-order valence-electron chi connectivity index (χ4n) is 7.92. The highest BCUT2D eigenvalue weighted by atomic mass is 16.3. The minimum Gasteiger partial charge on any atom is -0.507 e. The quantitative estimate of drug-likeness (QED) is 0.392. The van der Waals surface area contributed by atoms with E-state index < -0.39 is 11.9 Å². The van der Waals surface area contributed by atoms with E-state index in [0.29, 0.717) is 49.0 Å². The van der Waals surface area contributed by atoms with E-state index in [1.54, 1.807) is 12.2 Å². The normalized spacial score (nSPS) is 43.3. The molecule has 2 saturated carbocycles. The molecule has 3 aliphatic carbocycles.